The lowest BCUT2D eigenvalue weighted by molar-refractivity contribution is 0.901. The average molecular weight is 298 g/mol. The van der Waals surface area contributed by atoms with Crippen LogP contribution in [-0.4, -0.2) is 24.1 Å². The third-order valence-electron chi connectivity index (χ3n) is 3.43. The lowest BCUT2D eigenvalue weighted by atomic mass is 10.1. The summed E-state index contributed by atoms with van der Waals surface area (Å²) < 4.78 is 0. The Morgan fingerprint density at radius 1 is 1.14 bits per heavy atom. The standard InChI is InChI=1S/C16H18N4S/c1-11-4-6-12(7-5-11)10-20(3)14-13-8-9-21-15(13)19-16(17-2)18-14/h4-9H,10H2,1-3H3,(H,17,18,19). The molecule has 0 bridgehead atoms. The van der Waals surface area contributed by atoms with Gasteiger partial charge in [-0.3, -0.25) is 0 Å². The van der Waals surface area contributed by atoms with Gasteiger partial charge in [-0.1, -0.05) is 29.8 Å². The van der Waals surface area contributed by atoms with Gasteiger partial charge in [-0.2, -0.15) is 4.98 Å². The van der Waals surface area contributed by atoms with E-state index in [2.05, 4.69) is 69.9 Å². The normalized spacial score (nSPS) is 10.8. The molecule has 2 heterocycles. The highest BCUT2D eigenvalue weighted by Crippen LogP contribution is 2.29. The third kappa shape index (κ3) is 2.83. The van der Waals surface area contributed by atoms with Crippen molar-refractivity contribution in [2.45, 2.75) is 13.5 Å². The molecule has 0 aliphatic carbocycles. The smallest absolute Gasteiger partial charge is 0.225 e. The predicted octanol–water partition coefficient (Wildman–Crippen LogP) is 3.68. The fourth-order valence-electron chi connectivity index (χ4n) is 2.28. The Bertz CT molecular complexity index is 749. The molecule has 4 nitrogen and oxygen atoms in total. The SMILES string of the molecule is CNc1nc(N(C)Cc2ccc(C)cc2)c2ccsc2n1. The lowest BCUT2D eigenvalue weighted by Gasteiger charge is -2.19. The number of benzene rings is 1. The van der Waals surface area contributed by atoms with E-state index >= 15 is 0 Å². The fraction of sp³-hybridized carbons (Fsp3) is 0.250. The van der Waals surface area contributed by atoms with Crippen molar-refractivity contribution in [3.63, 3.8) is 0 Å². The maximum atomic E-state index is 4.62. The van der Waals surface area contributed by atoms with E-state index in [0.29, 0.717) is 5.95 Å². The first-order valence-corrected chi connectivity index (χ1v) is 7.75. The number of nitrogens with one attached hydrogen (secondary N) is 1. The Morgan fingerprint density at radius 2 is 1.90 bits per heavy atom. The molecule has 5 heteroatoms. The number of rotatable bonds is 4. The average Bonchev–Trinajstić information content (AvgIpc) is 2.96. The van der Waals surface area contributed by atoms with Gasteiger partial charge in [0.05, 0.1) is 5.39 Å². The number of fused-ring (bicyclic) bond motifs is 1. The molecule has 0 fully saturated rings. The Hall–Kier alpha value is -2.14. The van der Waals surface area contributed by atoms with E-state index in [1.54, 1.807) is 11.3 Å². The lowest BCUT2D eigenvalue weighted by Crippen LogP contribution is -2.18. The van der Waals surface area contributed by atoms with E-state index in [4.69, 9.17) is 0 Å². The van der Waals surface area contributed by atoms with Crippen molar-refractivity contribution in [3.05, 3.63) is 46.8 Å². The van der Waals surface area contributed by atoms with Crippen LogP contribution in [0.4, 0.5) is 11.8 Å². The maximum absolute atomic E-state index is 4.62. The van der Waals surface area contributed by atoms with Crippen LogP contribution in [0.15, 0.2) is 35.7 Å². The second kappa shape index (κ2) is 5.69. The fourth-order valence-corrected chi connectivity index (χ4v) is 3.04. The maximum Gasteiger partial charge on any atom is 0.225 e. The zero-order valence-corrected chi connectivity index (χ0v) is 13.2. The zero-order valence-electron chi connectivity index (χ0n) is 12.4. The third-order valence-corrected chi connectivity index (χ3v) is 4.24. The van der Waals surface area contributed by atoms with Crippen LogP contribution >= 0.6 is 11.3 Å². The van der Waals surface area contributed by atoms with E-state index < -0.39 is 0 Å². The molecule has 0 spiro atoms. The predicted molar refractivity (Wildman–Crippen MR) is 90.2 cm³/mol. The highest BCUT2D eigenvalue weighted by Gasteiger charge is 2.12. The Morgan fingerprint density at radius 3 is 2.62 bits per heavy atom. The molecule has 0 aliphatic heterocycles. The summed E-state index contributed by atoms with van der Waals surface area (Å²) in [6.07, 6.45) is 0. The highest BCUT2D eigenvalue weighted by atomic mass is 32.1. The van der Waals surface area contributed by atoms with Crippen LogP contribution in [0.25, 0.3) is 10.2 Å². The number of thiophene rings is 1. The van der Waals surface area contributed by atoms with Gasteiger partial charge >= 0.3 is 0 Å². The van der Waals surface area contributed by atoms with Gasteiger partial charge in [0.1, 0.15) is 10.6 Å². The molecular formula is C16H18N4S. The van der Waals surface area contributed by atoms with Crippen molar-refractivity contribution in [3.8, 4) is 0 Å². The molecule has 3 aromatic rings. The van der Waals surface area contributed by atoms with Gasteiger partial charge in [-0.05, 0) is 23.9 Å². The molecule has 0 unspecified atom stereocenters. The Labute approximate surface area is 128 Å². The number of hydrogen-bond donors (Lipinski definition) is 1. The summed E-state index contributed by atoms with van der Waals surface area (Å²) in [5.41, 5.74) is 2.55. The van der Waals surface area contributed by atoms with Gasteiger partial charge in [0.25, 0.3) is 0 Å². The minimum atomic E-state index is 0.663. The summed E-state index contributed by atoms with van der Waals surface area (Å²) in [5.74, 6) is 1.63. The molecule has 0 radical (unpaired) electrons. The van der Waals surface area contributed by atoms with E-state index in [1.165, 1.54) is 11.1 Å². The molecule has 1 N–H and O–H groups in total. The van der Waals surface area contributed by atoms with Crippen molar-refractivity contribution in [2.75, 3.05) is 24.3 Å². The van der Waals surface area contributed by atoms with E-state index in [9.17, 15) is 0 Å². The van der Waals surface area contributed by atoms with Gasteiger partial charge in [0.15, 0.2) is 0 Å². The first kappa shape index (κ1) is 13.8. The Kier molecular flexibility index (Phi) is 3.75. The minimum Gasteiger partial charge on any atom is -0.357 e. The molecule has 21 heavy (non-hydrogen) atoms. The molecule has 108 valence electrons. The van der Waals surface area contributed by atoms with Gasteiger partial charge in [-0.25, -0.2) is 4.98 Å². The monoisotopic (exact) mass is 298 g/mol. The van der Waals surface area contributed by atoms with Crippen LogP contribution in [0.3, 0.4) is 0 Å². The van der Waals surface area contributed by atoms with E-state index in [0.717, 1.165) is 22.6 Å². The van der Waals surface area contributed by atoms with E-state index in [-0.39, 0.29) is 0 Å². The molecular weight excluding hydrogens is 280 g/mol. The largest absolute Gasteiger partial charge is 0.357 e. The van der Waals surface area contributed by atoms with Crippen LogP contribution in [0, 0.1) is 6.92 Å². The van der Waals surface area contributed by atoms with Gasteiger partial charge in [0, 0.05) is 20.6 Å². The summed E-state index contributed by atoms with van der Waals surface area (Å²) in [6, 6.07) is 10.7. The van der Waals surface area contributed by atoms with Crippen LogP contribution in [0.1, 0.15) is 11.1 Å². The van der Waals surface area contributed by atoms with Crippen molar-refractivity contribution in [1.29, 1.82) is 0 Å². The molecule has 0 atom stereocenters. The number of nitrogens with zero attached hydrogens (tertiary/aromatic N) is 3. The molecule has 2 aromatic heterocycles. The van der Waals surface area contributed by atoms with Crippen LogP contribution in [-0.2, 0) is 6.54 Å². The van der Waals surface area contributed by atoms with Crippen molar-refractivity contribution >= 4 is 33.3 Å². The molecule has 0 amide bonds. The number of aryl methyl sites for hydroxylation is 1. The summed E-state index contributed by atoms with van der Waals surface area (Å²) >= 11 is 1.64. The number of aromatic nitrogens is 2. The second-order valence-corrected chi connectivity index (χ2v) is 6.00. The summed E-state index contributed by atoms with van der Waals surface area (Å²) in [6.45, 7) is 2.93. The highest BCUT2D eigenvalue weighted by molar-refractivity contribution is 7.16. The van der Waals surface area contributed by atoms with Crippen LogP contribution in [0.2, 0.25) is 0 Å². The first-order valence-electron chi connectivity index (χ1n) is 6.87. The van der Waals surface area contributed by atoms with Gasteiger partial charge in [0.2, 0.25) is 5.95 Å². The van der Waals surface area contributed by atoms with Crippen molar-refractivity contribution < 1.29 is 0 Å². The van der Waals surface area contributed by atoms with E-state index in [1.807, 2.05) is 7.05 Å². The molecule has 3 rings (SSSR count). The quantitative estimate of drug-likeness (QED) is 0.798. The van der Waals surface area contributed by atoms with Crippen molar-refractivity contribution in [2.24, 2.45) is 0 Å². The van der Waals surface area contributed by atoms with Crippen LogP contribution in [0.5, 0.6) is 0 Å². The second-order valence-electron chi connectivity index (χ2n) is 5.10. The van der Waals surface area contributed by atoms with Gasteiger partial charge in [-0.15, -0.1) is 11.3 Å². The topological polar surface area (TPSA) is 41.1 Å². The summed E-state index contributed by atoms with van der Waals surface area (Å²) in [5, 5.41) is 6.20. The Balaban J connectivity index is 1.94. The molecule has 0 aliphatic rings. The van der Waals surface area contributed by atoms with Gasteiger partial charge < -0.3 is 10.2 Å². The summed E-state index contributed by atoms with van der Waals surface area (Å²) in [7, 11) is 3.91. The number of hydrogen-bond acceptors (Lipinski definition) is 5. The molecule has 0 saturated carbocycles. The van der Waals surface area contributed by atoms with Crippen molar-refractivity contribution in [1.82, 2.24) is 9.97 Å². The summed E-state index contributed by atoms with van der Waals surface area (Å²) in [4.78, 5) is 12.3. The first-order chi connectivity index (χ1) is 10.2. The van der Waals surface area contributed by atoms with Crippen LogP contribution < -0.4 is 10.2 Å². The molecule has 0 saturated heterocycles. The minimum absolute atomic E-state index is 0.663. The number of anilines is 2. The zero-order chi connectivity index (χ0) is 14.8. The molecule has 1 aromatic carbocycles.